The van der Waals surface area contributed by atoms with Crippen molar-refractivity contribution in [3.63, 3.8) is 0 Å². The molecule has 1 aromatic heterocycles. The number of thiophene rings is 1. The second-order valence-corrected chi connectivity index (χ2v) is 6.05. The first kappa shape index (κ1) is 19.9. The van der Waals surface area contributed by atoms with Crippen molar-refractivity contribution in [1.29, 1.82) is 0 Å². The van der Waals surface area contributed by atoms with Crippen LogP contribution in [-0.2, 0) is 4.79 Å². The second kappa shape index (κ2) is 8.41. The summed E-state index contributed by atoms with van der Waals surface area (Å²) >= 11 is 1.51. The van der Waals surface area contributed by atoms with E-state index < -0.39 is 24.9 Å². The molecule has 0 aliphatic heterocycles. The summed E-state index contributed by atoms with van der Waals surface area (Å²) in [5.41, 5.74) is 5.46. The molecule has 0 radical (unpaired) electrons. The number of hydrogen-bond donors (Lipinski definition) is 2. The topological polar surface area (TPSA) is 72.2 Å². The highest BCUT2D eigenvalue weighted by Gasteiger charge is 2.27. The second-order valence-electron chi connectivity index (χ2n) is 4.59. The maximum absolute atomic E-state index is 12.8. The van der Waals surface area contributed by atoms with Gasteiger partial charge in [0.25, 0.3) is 5.92 Å². The van der Waals surface area contributed by atoms with Crippen LogP contribution in [0.5, 0.6) is 0 Å². The number of aryl methyl sites for hydroxylation is 2. The molecule has 0 bridgehead atoms. The Bertz CT molecular complexity index is 506. The van der Waals surface area contributed by atoms with Crippen molar-refractivity contribution >= 4 is 35.4 Å². The maximum Gasteiger partial charge on any atom is 0.277 e. The van der Waals surface area contributed by atoms with E-state index in [9.17, 15) is 18.4 Å². The van der Waals surface area contributed by atoms with Crippen LogP contribution in [-0.4, -0.2) is 30.7 Å². The van der Waals surface area contributed by atoms with Crippen LogP contribution in [0.25, 0.3) is 0 Å². The molecule has 1 amide bonds. The van der Waals surface area contributed by atoms with Gasteiger partial charge in [-0.3, -0.25) is 9.59 Å². The Kier molecular flexibility index (Phi) is 7.99. The van der Waals surface area contributed by atoms with Gasteiger partial charge in [-0.15, -0.1) is 23.7 Å². The largest absolute Gasteiger partial charge is 0.350 e. The molecule has 1 aromatic rings. The number of amides is 1. The fraction of sp³-hybridized carbons (Fsp3) is 0.538. The van der Waals surface area contributed by atoms with Crippen molar-refractivity contribution in [3.05, 3.63) is 21.4 Å². The predicted octanol–water partition coefficient (Wildman–Crippen LogP) is 2.46. The molecule has 8 heteroatoms. The van der Waals surface area contributed by atoms with Crippen LogP contribution in [0.2, 0.25) is 0 Å². The molecule has 0 spiro atoms. The zero-order valence-corrected chi connectivity index (χ0v) is 13.5. The number of carbonyl (C=O) groups is 2. The number of carbonyl (C=O) groups excluding carboxylic acids is 2. The van der Waals surface area contributed by atoms with Crippen LogP contribution < -0.4 is 11.1 Å². The lowest BCUT2D eigenvalue weighted by molar-refractivity contribution is -0.122. The lowest BCUT2D eigenvalue weighted by Crippen LogP contribution is -2.41. The Morgan fingerprint density at radius 3 is 2.43 bits per heavy atom. The summed E-state index contributed by atoms with van der Waals surface area (Å²) in [6, 6.07) is 1.78. The van der Waals surface area contributed by atoms with E-state index in [1.165, 1.54) is 11.3 Å². The van der Waals surface area contributed by atoms with Crippen molar-refractivity contribution in [3.8, 4) is 0 Å². The highest BCUT2D eigenvalue weighted by molar-refractivity contribution is 7.12. The number of Topliss-reactive ketones (excluding diaryl/α,β-unsaturated/α-hetero) is 1. The van der Waals surface area contributed by atoms with Gasteiger partial charge in [0.2, 0.25) is 5.91 Å². The van der Waals surface area contributed by atoms with Gasteiger partial charge >= 0.3 is 0 Å². The standard InChI is InChI=1S/C13H18F2N2O2S.ClH/c1-8-5-10(9(2)20-8)11(18)3-4-12(19)17-7-13(14,15)6-16;/h5H,3-4,6-7,16H2,1-2H3,(H,17,19);1H. The van der Waals surface area contributed by atoms with E-state index in [4.69, 9.17) is 5.73 Å². The number of hydrogen-bond acceptors (Lipinski definition) is 4. The van der Waals surface area contributed by atoms with Crippen molar-refractivity contribution in [2.24, 2.45) is 5.73 Å². The summed E-state index contributed by atoms with van der Waals surface area (Å²) in [7, 11) is 0. The first-order chi connectivity index (χ1) is 9.25. The molecule has 120 valence electrons. The summed E-state index contributed by atoms with van der Waals surface area (Å²) in [6.07, 6.45) is -0.0924. The first-order valence-corrected chi connectivity index (χ1v) is 7.01. The van der Waals surface area contributed by atoms with Crippen LogP contribution >= 0.6 is 23.7 Å². The van der Waals surface area contributed by atoms with Gasteiger partial charge in [-0.25, -0.2) is 8.78 Å². The van der Waals surface area contributed by atoms with Crippen molar-refractivity contribution in [1.82, 2.24) is 5.32 Å². The minimum atomic E-state index is -3.11. The van der Waals surface area contributed by atoms with Gasteiger partial charge in [-0.05, 0) is 19.9 Å². The molecule has 0 fully saturated rings. The zero-order valence-electron chi connectivity index (χ0n) is 11.9. The van der Waals surface area contributed by atoms with E-state index in [0.717, 1.165) is 9.75 Å². The molecule has 0 saturated heterocycles. The smallest absolute Gasteiger partial charge is 0.277 e. The Morgan fingerprint density at radius 1 is 1.33 bits per heavy atom. The third-order valence-electron chi connectivity index (χ3n) is 2.76. The number of ketones is 1. The molecule has 0 aromatic carbocycles. The van der Waals surface area contributed by atoms with Crippen LogP contribution in [0, 0.1) is 13.8 Å². The molecule has 0 unspecified atom stereocenters. The lowest BCUT2D eigenvalue weighted by Gasteiger charge is -2.14. The summed E-state index contributed by atoms with van der Waals surface area (Å²) < 4.78 is 25.7. The predicted molar refractivity (Wildman–Crippen MR) is 81.6 cm³/mol. The number of nitrogens with two attached hydrogens (primary N) is 1. The zero-order chi connectivity index (χ0) is 15.3. The third kappa shape index (κ3) is 6.50. The summed E-state index contributed by atoms with van der Waals surface area (Å²) in [5.74, 6) is -3.83. The Hall–Kier alpha value is -1.05. The van der Waals surface area contributed by atoms with Gasteiger partial charge in [0.15, 0.2) is 5.78 Å². The molecule has 21 heavy (non-hydrogen) atoms. The molecule has 3 N–H and O–H groups in total. The molecular formula is C13H19ClF2N2O2S. The van der Waals surface area contributed by atoms with E-state index in [2.05, 4.69) is 5.32 Å². The number of halogens is 3. The fourth-order valence-electron chi connectivity index (χ4n) is 1.66. The average molecular weight is 341 g/mol. The van der Waals surface area contributed by atoms with Gasteiger partial charge in [-0.1, -0.05) is 0 Å². The molecule has 1 heterocycles. The van der Waals surface area contributed by atoms with Gasteiger partial charge < -0.3 is 11.1 Å². The van der Waals surface area contributed by atoms with Crippen LogP contribution in [0.4, 0.5) is 8.78 Å². The Balaban J connectivity index is 0.00000400. The normalized spacial score (nSPS) is 10.9. The maximum atomic E-state index is 12.8. The molecule has 0 saturated carbocycles. The minimum Gasteiger partial charge on any atom is -0.350 e. The SMILES string of the molecule is Cc1cc(C(=O)CCC(=O)NCC(F)(F)CN)c(C)s1.Cl. The van der Waals surface area contributed by atoms with Gasteiger partial charge in [0.1, 0.15) is 0 Å². The molecule has 0 aliphatic rings. The van der Waals surface area contributed by atoms with Gasteiger partial charge in [0, 0.05) is 28.2 Å². The van der Waals surface area contributed by atoms with E-state index in [-0.39, 0.29) is 31.0 Å². The monoisotopic (exact) mass is 340 g/mol. The molecule has 0 aliphatic carbocycles. The van der Waals surface area contributed by atoms with Gasteiger partial charge in [0.05, 0.1) is 13.1 Å². The highest BCUT2D eigenvalue weighted by atomic mass is 35.5. The van der Waals surface area contributed by atoms with E-state index in [0.29, 0.717) is 5.56 Å². The summed E-state index contributed by atoms with van der Waals surface area (Å²) in [4.78, 5) is 25.2. The lowest BCUT2D eigenvalue weighted by atomic mass is 10.1. The summed E-state index contributed by atoms with van der Waals surface area (Å²) in [6.45, 7) is 2.12. The van der Waals surface area contributed by atoms with Crippen LogP contribution in [0.15, 0.2) is 6.07 Å². The van der Waals surface area contributed by atoms with E-state index in [1.807, 2.05) is 13.8 Å². The number of nitrogens with one attached hydrogen (secondary N) is 1. The number of alkyl halides is 2. The van der Waals surface area contributed by atoms with Crippen LogP contribution in [0.1, 0.15) is 33.0 Å². The highest BCUT2D eigenvalue weighted by Crippen LogP contribution is 2.22. The minimum absolute atomic E-state index is 0. The third-order valence-corrected chi connectivity index (χ3v) is 3.73. The van der Waals surface area contributed by atoms with E-state index in [1.54, 1.807) is 6.07 Å². The molecule has 4 nitrogen and oxygen atoms in total. The van der Waals surface area contributed by atoms with Crippen LogP contribution in [0.3, 0.4) is 0 Å². The molecule has 0 atom stereocenters. The quantitative estimate of drug-likeness (QED) is 0.749. The van der Waals surface area contributed by atoms with Gasteiger partial charge in [-0.2, -0.15) is 0 Å². The first-order valence-electron chi connectivity index (χ1n) is 6.20. The fourth-order valence-corrected chi connectivity index (χ4v) is 2.60. The average Bonchev–Trinajstić information content (AvgIpc) is 2.73. The van der Waals surface area contributed by atoms with Crippen molar-refractivity contribution in [2.45, 2.75) is 32.6 Å². The van der Waals surface area contributed by atoms with Crippen molar-refractivity contribution < 1.29 is 18.4 Å². The van der Waals surface area contributed by atoms with Crippen molar-refractivity contribution in [2.75, 3.05) is 13.1 Å². The number of rotatable bonds is 7. The Morgan fingerprint density at radius 2 is 1.95 bits per heavy atom. The molecule has 1 rings (SSSR count). The van der Waals surface area contributed by atoms with E-state index >= 15 is 0 Å². The Labute approximate surface area is 132 Å². The summed E-state index contributed by atoms with van der Waals surface area (Å²) in [5, 5.41) is 2.08. The molecular weight excluding hydrogens is 322 g/mol.